The first-order valence-electron chi connectivity index (χ1n) is 4.65. The molecule has 0 rings (SSSR count). The highest BCUT2D eigenvalue weighted by molar-refractivity contribution is 4.79. The topological polar surface area (TPSA) is 12.0 Å². The molecule has 0 spiro atoms. The SMILES string of the molecule is CC/C=C/CCCNC(C)C. The lowest BCUT2D eigenvalue weighted by Crippen LogP contribution is -2.23. The van der Waals surface area contributed by atoms with Gasteiger partial charge in [-0.05, 0) is 25.8 Å². The minimum atomic E-state index is 0.630. The van der Waals surface area contributed by atoms with Gasteiger partial charge in [-0.2, -0.15) is 0 Å². The molecular formula is C10H21N. The van der Waals surface area contributed by atoms with Crippen molar-refractivity contribution >= 4 is 0 Å². The minimum absolute atomic E-state index is 0.630. The second-order valence-corrected chi connectivity index (χ2v) is 3.13. The van der Waals surface area contributed by atoms with Crippen LogP contribution in [0.3, 0.4) is 0 Å². The van der Waals surface area contributed by atoms with Crippen molar-refractivity contribution < 1.29 is 0 Å². The molecular weight excluding hydrogens is 134 g/mol. The summed E-state index contributed by atoms with van der Waals surface area (Å²) in [5.74, 6) is 0. The van der Waals surface area contributed by atoms with E-state index in [4.69, 9.17) is 0 Å². The van der Waals surface area contributed by atoms with Crippen molar-refractivity contribution in [3.05, 3.63) is 12.2 Å². The molecule has 0 saturated carbocycles. The van der Waals surface area contributed by atoms with E-state index < -0.39 is 0 Å². The third-order valence-electron chi connectivity index (χ3n) is 1.50. The lowest BCUT2D eigenvalue weighted by molar-refractivity contribution is 0.573. The third-order valence-corrected chi connectivity index (χ3v) is 1.50. The molecule has 0 heterocycles. The molecule has 11 heavy (non-hydrogen) atoms. The summed E-state index contributed by atoms with van der Waals surface area (Å²) in [5.41, 5.74) is 0. The van der Waals surface area contributed by atoms with E-state index in [-0.39, 0.29) is 0 Å². The summed E-state index contributed by atoms with van der Waals surface area (Å²) in [5, 5.41) is 3.39. The van der Waals surface area contributed by atoms with Gasteiger partial charge in [-0.25, -0.2) is 0 Å². The molecule has 1 nitrogen and oxygen atoms in total. The van der Waals surface area contributed by atoms with Crippen LogP contribution in [0.4, 0.5) is 0 Å². The first kappa shape index (κ1) is 10.7. The zero-order valence-corrected chi connectivity index (χ0v) is 8.06. The molecule has 0 aromatic carbocycles. The highest BCUT2D eigenvalue weighted by Crippen LogP contribution is 1.91. The second-order valence-electron chi connectivity index (χ2n) is 3.13. The van der Waals surface area contributed by atoms with Crippen molar-refractivity contribution in [1.29, 1.82) is 0 Å². The molecule has 0 aromatic rings. The molecule has 66 valence electrons. The van der Waals surface area contributed by atoms with Crippen molar-refractivity contribution in [1.82, 2.24) is 5.32 Å². The minimum Gasteiger partial charge on any atom is -0.315 e. The van der Waals surface area contributed by atoms with Gasteiger partial charge in [0.2, 0.25) is 0 Å². The molecule has 0 saturated heterocycles. The summed E-state index contributed by atoms with van der Waals surface area (Å²) in [7, 11) is 0. The average molecular weight is 155 g/mol. The van der Waals surface area contributed by atoms with E-state index in [2.05, 4.69) is 38.2 Å². The highest BCUT2D eigenvalue weighted by Gasteiger charge is 1.88. The fourth-order valence-corrected chi connectivity index (χ4v) is 0.895. The van der Waals surface area contributed by atoms with Crippen LogP contribution in [-0.4, -0.2) is 12.6 Å². The number of hydrogen-bond donors (Lipinski definition) is 1. The molecule has 0 radical (unpaired) electrons. The molecule has 0 fully saturated rings. The number of nitrogens with one attached hydrogen (secondary N) is 1. The van der Waals surface area contributed by atoms with E-state index in [0.717, 1.165) is 13.0 Å². The Kier molecular flexibility index (Phi) is 7.59. The van der Waals surface area contributed by atoms with Crippen molar-refractivity contribution in [2.75, 3.05) is 6.54 Å². The summed E-state index contributed by atoms with van der Waals surface area (Å²) in [6.45, 7) is 7.68. The summed E-state index contributed by atoms with van der Waals surface area (Å²) in [6.07, 6.45) is 8.14. The van der Waals surface area contributed by atoms with Crippen molar-refractivity contribution in [3.8, 4) is 0 Å². The average Bonchev–Trinajstić information content (AvgIpc) is 1.96. The molecule has 0 aromatic heterocycles. The van der Waals surface area contributed by atoms with E-state index in [0.29, 0.717) is 6.04 Å². The van der Waals surface area contributed by atoms with Gasteiger partial charge in [0, 0.05) is 6.04 Å². The molecule has 0 atom stereocenters. The Morgan fingerprint density at radius 2 is 2.00 bits per heavy atom. The lowest BCUT2D eigenvalue weighted by Gasteiger charge is -2.05. The summed E-state index contributed by atoms with van der Waals surface area (Å²) < 4.78 is 0. The Morgan fingerprint density at radius 3 is 2.55 bits per heavy atom. The van der Waals surface area contributed by atoms with E-state index >= 15 is 0 Å². The van der Waals surface area contributed by atoms with Crippen molar-refractivity contribution in [3.63, 3.8) is 0 Å². The van der Waals surface area contributed by atoms with Crippen molar-refractivity contribution in [2.24, 2.45) is 0 Å². The van der Waals surface area contributed by atoms with Gasteiger partial charge in [0.25, 0.3) is 0 Å². The van der Waals surface area contributed by atoms with Crippen molar-refractivity contribution in [2.45, 2.75) is 46.1 Å². The fourth-order valence-electron chi connectivity index (χ4n) is 0.895. The van der Waals surface area contributed by atoms with Crippen LogP contribution in [0, 0.1) is 0 Å². The highest BCUT2D eigenvalue weighted by atomic mass is 14.9. The predicted octanol–water partition coefficient (Wildman–Crippen LogP) is 2.73. The smallest absolute Gasteiger partial charge is 0.00103 e. The number of rotatable bonds is 6. The zero-order chi connectivity index (χ0) is 8.53. The van der Waals surface area contributed by atoms with E-state index in [9.17, 15) is 0 Å². The van der Waals surface area contributed by atoms with Crippen LogP contribution in [-0.2, 0) is 0 Å². The largest absolute Gasteiger partial charge is 0.315 e. The van der Waals surface area contributed by atoms with Gasteiger partial charge in [-0.15, -0.1) is 0 Å². The van der Waals surface area contributed by atoms with Gasteiger partial charge in [-0.1, -0.05) is 32.9 Å². The normalized spacial score (nSPS) is 11.6. The number of unbranched alkanes of at least 4 members (excludes halogenated alkanes) is 1. The molecule has 0 aliphatic rings. The first-order valence-corrected chi connectivity index (χ1v) is 4.65. The Balaban J connectivity index is 2.96. The summed E-state index contributed by atoms with van der Waals surface area (Å²) in [4.78, 5) is 0. The first-order chi connectivity index (χ1) is 5.27. The molecule has 0 bridgehead atoms. The quantitative estimate of drug-likeness (QED) is 0.459. The maximum absolute atomic E-state index is 3.39. The van der Waals surface area contributed by atoms with E-state index in [1.54, 1.807) is 0 Å². The van der Waals surface area contributed by atoms with Gasteiger partial charge in [0.1, 0.15) is 0 Å². The second kappa shape index (κ2) is 7.80. The van der Waals surface area contributed by atoms with Gasteiger partial charge < -0.3 is 5.32 Å². The Labute approximate surface area is 70.9 Å². The molecule has 1 heteroatoms. The van der Waals surface area contributed by atoms with Crippen LogP contribution in [0.1, 0.15) is 40.0 Å². The van der Waals surface area contributed by atoms with Crippen LogP contribution >= 0.6 is 0 Å². The molecule has 0 aliphatic carbocycles. The predicted molar refractivity (Wildman–Crippen MR) is 51.8 cm³/mol. The maximum atomic E-state index is 3.39. The lowest BCUT2D eigenvalue weighted by atomic mass is 10.2. The van der Waals surface area contributed by atoms with Crippen LogP contribution in [0.2, 0.25) is 0 Å². The fraction of sp³-hybridized carbons (Fsp3) is 0.800. The zero-order valence-electron chi connectivity index (χ0n) is 8.06. The summed E-state index contributed by atoms with van der Waals surface area (Å²) in [6, 6.07) is 0.630. The van der Waals surface area contributed by atoms with Gasteiger partial charge in [-0.3, -0.25) is 0 Å². The maximum Gasteiger partial charge on any atom is 0.00103 e. The van der Waals surface area contributed by atoms with Gasteiger partial charge in [0.15, 0.2) is 0 Å². The monoisotopic (exact) mass is 155 g/mol. The van der Waals surface area contributed by atoms with E-state index in [1.807, 2.05) is 0 Å². The van der Waals surface area contributed by atoms with Crippen LogP contribution < -0.4 is 5.32 Å². The molecule has 0 amide bonds. The Hall–Kier alpha value is -0.300. The van der Waals surface area contributed by atoms with Gasteiger partial charge >= 0.3 is 0 Å². The number of allylic oxidation sites excluding steroid dienone is 2. The molecule has 1 N–H and O–H groups in total. The third kappa shape index (κ3) is 9.70. The van der Waals surface area contributed by atoms with Crippen LogP contribution in [0.5, 0.6) is 0 Å². The number of hydrogen-bond acceptors (Lipinski definition) is 1. The standard InChI is InChI=1S/C10H21N/c1-4-5-6-7-8-9-11-10(2)3/h5-6,10-11H,4,7-9H2,1-3H3/b6-5+. The van der Waals surface area contributed by atoms with Crippen LogP contribution in [0.15, 0.2) is 12.2 Å². The van der Waals surface area contributed by atoms with Crippen LogP contribution in [0.25, 0.3) is 0 Å². The summed E-state index contributed by atoms with van der Waals surface area (Å²) >= 11 is 0. The Morgan fingerprint density at radius 1 is 1.27 bits per heavy atom. The Bertz CT molecular complexity index is 95.0. The molecule has 0 aliphatic heterocycles. The van der Waals surface area contributed by atoms with Gasteiger partial charge in [0.05, 0.1) is 0 Å². The molecule has 0 unspecified atom stereocenters. The van der Waals surface area contributed by atoms with E-state index in [1.165, 1.54) is 12.8 Å².